The summed E-state index contributed by atoms with van der Waals surface area (Å²) in [5.74, 6) is 0. The lowest BCUT2D eigenvalue weighted by atomic mass is 10.1. The van der Waals surface area contributed by atoms with Gasteiger partial charge in [-0.25, -0.2) is 0 Å². The van der Waals surface area contributed by atoms with Crippen molar-refractivity contribution >= 4 is 43.2 Å². The van der Waals surface area contributed by atoms with Gasteiger partial charge in [-0.15, -0.1) is 11.3 Å². The van der Waals surface area contributed by atoms with Crippen LogP contribution in [0.2, 0.25) is 0 Å². The molecule has 16 heavy (non-hydrogen) atoms. The zero-order valence-electron chi connectivity index (χ0n) is 8.91. The predicted octanol–water partition coefficient (Wildman–Crippen LogP) is 5.50. The van der Waals surface area contributed by atoms with Crippen LogP contribution < -0.4 is 0 Å². The van der Waals surface area contributed by atoms with Crippen LogP contribution in [0.5, 0.6) is 0 Å². The molecule has 0 amide bonds. The van der Waals surface area contributed by atoms with Crippen LogP contribution in [0, 0.1) is 6.92 Å². The molecule has 1 aromatic carbocycles. The van der Waals surface area contributed by atoms with Crippen molar-refractivity contribution in [1.82, 2.24) is 0 Å². The molecule has 1 aromatic heterocycles. The van der Waals surface area contributed by atoms with Crippen LogP contribution in [0.4, 0.5) is 0 Å². The SMILES string of the molecule is Cc1ccc(C(Br)Cc2ccc(Br)cc2)s1. The van der Waals surface area contributed by atoms with Crippen molar-refractivity contribution in [2.75, 3.05) is 0 Å². The Labute approximate surface area is 117 Å². The first-order valence-corrected chi connectivity index (χ1v) is 7.62. The molecule has 1 heterocycles. The van der Waals surface area contributed by atoms with E-state index in [-0.39, 0.29) is 0 Å². The first kappa shape index (κ1) is 12.3. The summed E-state index contributed by atoms with van der Waals surface area (Å²) in [4.78, 5) is 3.20. The molecule has 1 unspecified atom stereocenters. The highest BCUT2D eigenvalue weighted by Gasteiger charge is 2.10. The second-order valence-corrected chi connectivity index (χ2v) is 7.09. The Balaban J connectivity index is 2.07. The molecule has 2 rings (SSSR count). The molecule has 0 bridgehead atoms. The van der Waals surface area contributed by atoms with E-state index in [0.29, 0.717) is 4.83 Å². The van der Waals surface area contributed by atoms with Crippen molar-refractivity contribution < 1.29 is 0 Å². The Morgan fingerprint density at radius 3 is 2.38 bits per heavy atom. The molecule has 0 spiro atoms. The fraction of sp³-hybridized carbons (Fsp3) is 0.231. The van der Waals surface area contributed by atoms with Gasteiger partial charge in [0.15, 0.2) is 0 Å². The third kappa shape index (κ3) is 3.19. The van der Waals surface area contributed by atoms with Crippen LogP contribution in [0.25, 0.3) is 0 Å². The van der Waals surface area contributed by atoms with E-state index < -0.39 is 0 Å². The number of thiophene rings is 1. The van der Waals surface area contributed by atoms with Gasteiger partial charge in [0.05, 0.1) is 4.83 Å². The molecule has 3 heteroatoms. The number of alkyl halides is 1. The summed E-state index contributed by atoms with van der Waals surface area (Å²) in [5, 5.41) is 0. The molecule has 0 saturated heterocycles. The maximum absolute atomic E-state index is 3.75. The summed E-state index contributed by atoms with van der Waals surface area (Å²) >= 11 is 9.07. The molecule has 0 nitrogen and oxygen atoms in total. The summed E-state index contributed by atoms with van der Waals surface area (Å²) in [5.41, 5.74) is 1.36. The molecular formula is C13H12Br2S. The van der Waals surface area contributed by atoms with Gasteiger partial charge < -0.3 is 0 Å². The van der Waals surface area contributed by atoms with Crippen LogP contribution in [-0.4, -0.2) is 0 Å². The normalized spacial score (nSPS) is 12.7. The molecule has 2 aromatic rings. The first-order chi connectivity index (χ1) is 7.65. The summed E-state index contributed by atoms with van der Waals surface area (Å²) in [7, 11) is 0. The molecular weight excluding hydrogens is 348 g/mol. The summed E-state index contributed by atoms with van der Waals surface area (Å²) in [6.45, 7) is 2.15. The number of aryl methyl sites for hydroxylation is 1. The predicted molar refractivity (Wildman–Crippen MR) is 78.6 cm³/mol. The van der Waals surface area contributed by atoms with Crippen LogP contribution in [-0.2, 0) is 6.42 Å². The first-order valence-electron chi connectivity index (χ1n) is 5.10. The highest BCUT2D eigenvalue weighted by Crippen LogP contribution is 2.32. The lowest BCUT2D eigenvalue weighted by Gasteiger charge is -2.07. The Morgan fingerprint density at radius 1 is 1.12 bits per heavy atom. The second-order valence-electron chi connectivity index (χ2n) is 3.75. The fourth-order valence-electron chi connectivity index (χ4n) is 1.55. The van der Waals surface area contributed by atoms with Crippen LogP contribution in [0.15, 0.2) is 40.9 Å². The molecule has 0 aliphatic heterocycles. The Kier molecular flexibility index (Phi) is 4.22. The minimum Gasteiger partial charge on any atom is -0.145 e. The molecule has 84 valence electrons. The lowest BCUT2D eigenvalue weighted by Crippen LogP contribution is -1.92. The Morgan fingerprint density at radius 2 is 1.81 bits per heavy atom. The van der Waals surface area contributed by atoms with Crippen molar-refractivity contribution in [1.29, 1.82) is 0 Å². The van der Waals surface area contributed by atoms with Gasteiger partial charge in [-0.3, -0.25) is 0 Å². The van der Waals surface area contributed by atoms with E-state index in [4.69, 9.17) is 0 Å². The van der Waals surface area contributed by atoms with E-state index in [1.165, 1.54) is 15.3 Å². The molecule has 0 saturated carbocycles. The minimum absolute atomic E-state index is 0.423. The van der Waals surface area contributed by atoms with E-state index in [1.807, 2.05) is 11.3 Å². The van der Waals surface area contributed by atoms with Crippen LogP contribution in [0.3, 0.4) is 0 Å². The Hall–Kier alpha value is -0.120. The van der Waals surface area contributed by atoms with E-state index >= 15 is 0 Å². The van der Waals surface area contributed by atoms with Gasteiger partial charge in [0.2, 0.25) is 0 Å². The number of halogens is 2. The topological polar surface area (TPSA) is 0 Å². The monoisotopic (exact) mass is 358 g/mol. The molecule has 0 aliphatic carbocycles. The third-order valence-electron chi connectivity index (χ3n) is 2.40. The van der Waals surface area contributed by atoms with Gasteiger partial charge in [0, 0.05) is 14.2 Å². The highest BCUT2D eigenvalue weighted by molar-refractivity contribution is 9.10. The number of hydrogen-bond donors (Lipinski definition) is 0. The summed E-state index contributed by atoms with van der Waals surface area (Å²) in [6.07, 6.45) is 1.03. The molecule has 0 N–H and O–H groups in total. The summed E-state index contributed by atoms with van der Waals surface area (Å²) in [6, 6.07) is 12.9. The largest absolute Gasteiger partial charge is 0.145 e. The maximum Gasteiger partial charge on any atom is 0.0529 e. The van der Waals surface area contributed by atoms with Gasteiger partial charge >= 0.3 is 0 Å². The average Bonchev–Trinajstić information content (AvgIpc) is 2.68. The van der Waals surface area contributed by atoms with E-state index in [2.05, 4.69) is 75.2 Å². The molecule has 1 atom stereocenters. The van der Waals surface area contributed by atoms with Crippen LogP contribution in [0.1, 0.15) is 20.1 Å². The lowest BCUT2D eigenvalue weighted by molar-refractivity contribution is 0.969. The number of rotatable bonds is 3. The quantitative estimate of drug-likeness (QED) is 0.635. The van der Waals surface area contributed by atoms with E-state index in [0.717, 1.165) is 10.9 Å². The van der Waals surface area contributed by atoms with Crippen molar-refractivity contribution in [3.05, 3.63) is 56.2 Å². The minimum atomic E-state index is 0.423. The van der Waals surface area contributed by atoms with Gasteiger partial charge in [-0.2, -0.15) is 0 Å². The molecule has 0 aliphatic rings. The second kappa shape index (κ2) is 5.48. The average molecular weight is 360 g/mol. The van der Waals surface area contributed by atoms with Crippen molar-refractivity contribution in [2.24, 2.45) is 0 Å². The molecule has 0 fully saturated rings. The van der Waals surface area contributed by atoms with Crippen molar-refractivity contribution in [2.45, 2.75) is 18.2 Å². The van der Waals surface area contributed by atoms with Crippen molar-refractivity contribution in [3.8, 4) is 0 Å². The van der Waals surface area contributed by atoms with E-state index in [9.17, 15) is 0 Å². The zero-order valence-corrected chi connectivity index (χ0v) is 12.9. The summed E-state index contributed by atoms with van der Waals surface area (Å²) < 4.78 is 1.13. The van der Waals surface area contributed by atoms with E-state index in [1.54, 1.807) is 0 Å². The van der Waals surface area contributed by atoms with Gasteiger partial charge in [0.1, 0.15) is 0 Å². The number of benzene rings is 1. The van der Waals surface area contributed by atoms with Gasteiger partial charge in [0.25, 0.3) is 0 Å². The maximum atomic E-state index is 3.75. The third-order valence-corrected chi connectivity index (χ3v) is 5.16. The molecule has 0 radical (unpaired) electrons. The Bertz CT molecular complexity index is 459. The van der Waals surface area contributed by atoms with Crippen molar-refractivity contribution in [3.63, 3.8) is 0 Å². The standard InChI is InChI=1S/C13H12Br2S/c1-9-2-7-13(16-9)12(15)8-10-3-5-11(14)6-4-10/h2-7,12H,8H2,1H3. The smallest absolute Gasteiger partial charge is 0.0529 e. The zero-order chi connectivity index (χ0) is 11.5. The van der Waals surface area contributed by atoms with Gasteiger partial charge in [-0.1, -0.05) is 44.0 Å². The van der Waals surface area contributed by atoms with Gasteiger partial charge in [-0.05, 0) is 43.2 Å². The van der Waals surface area contributed by atoms with Crippen LogP contribution >= 0.6 is 43.2 Å². The fourth-order valence-corrected chi connectivity index (χ4v) is 3.48. The number of hydrogen-bond acceptors (Lipinski definition) is 1. The highest BCUT2D eigenvalue weighted by atomic mass is 79.9.